The van der Waals surface area contributed by atoms with Crippen LogP contribution >= 0.6 is 0 Å². The number of non-ortho nitro benzene ring substituents is 1. The van der Waals surface area contributed by atoms with Crippen molar-refractivity contribution in [3.05, 3.63) is 39.4 Å². The fraction of sp³-hybridized carbons (Fsp3) is 0.364. The Morgan fingerprint density at radius 1 is 1.53 bits per heavy atom. The smallest absolute Gasteiger partial charge is 0.277 e. The molecule has 1 rings (SSSR count). The number of carbonyl (C=O) groups excluding carboxylic acids is 1. The highest BCUT2D eigenvalue weighted by Gasteiger charge is 2.27. The number of hydrogen-bond acceptors (Lipinski definition) is 4. The first-order chi connectivity index (χ1) is 8.76. The van der Waals surface area contributed by atoms with E-state index in [4.69, 9.17) is 5.73 Å². The molecule has 0 saturated heterocycles. The van der Waals surface area contributed by atoms with Gasteiger partial charge in [-0.05, 0) is 12.5 Å². The number of amides is 1. The number of aryl methyl sites for hydroxylation is 1. The van der Waals surface area contributed by atoms with E-state index in [0.717, 1.165) is 6.07 Å². The molecule has 0 heterocycles. The number of benzene rings is 1. The molecule has 0 spiro atoms. The van der Waals surface area contributed by atoms with E-state index in [-0.39, 0.29) is 11.3 Å². The summed E-state index contributed by atoms with van der Waals surface area (Å²) in [5.41, 5.74) is 5.00. The molecule has 0 bridgehead atoms. The van der Waals surface area contributed by atoms with Crippen molar-refractivity contribution < 1.29 is 18.5 Å². The monoisotopic (exact) mass is 273 g/mol. The van der Waals surface area contributed by atoms with Gasteiger partial charge in [0.25, 0.3) is 17.5 Å². The van der Waals surface area contributed by atoms with E-state index < -0.39 is 29.8 Å². The van der Waals surface area contributed by atoms with E-state index in [2.05, 4.69) is 0 Å². The summed E-state index contributed by atoms with van der Waals surface area (Å²) in [4.78, 5) is 21.6. The molecule has 0 atom stereocenters. The summed E-state index contributed by atoms with van der Waals surface area (Å²) < 4.78 is 25.8. The minimum absolute atomic E-state index is 0.0120. The highest BCUT2D eigenvalue weighted by atomic mass is 19.3. The van der Waals surface area contributed by atoms with Gasteiger partial charge in [0.15, 0.2) is 0 Å². The third kappa shape index (κ3) is 3.95. The Bertz CT molecular complexity index is 506. The molecule has 1 amide bonds. The van der Waals surface area contributed by atoms with Crippen LogP contribution in [0.25, 0.3) is 0 Å². The number of halogens is 2. The van der Waals surface area contributed by atoms with Gasteiger partial charge in [0, 0.05) is 17.7 Å². The summed E-state index contributed by atoms with van der Waals surface area (Å²) in [6.07, 6.45) is 0. The Morgan fingerprint density at radius 3 is 2.68 bits per heavy atom. The number of nitrogens with two attached hydrogens (primary N) is 1. The molecule has 1 aromatic carbocycles. The molecular formula is C11H13F2N3O3. The molecule has 0 radical (unpaired) electrons. The van der Waals surface area contributed by atoms with Crippen molar-refractivity contribution >= 4 is 11.6 Å². The van der Waals surface area contributed by atoms with Crippen LogP contribution < -0.4 is 11.1 Å². The predicted molar refractivity (Wildman–Crippen MR) is 64.2 cm³/mol. The normalized spacial score (nSPS) is 11.2. The van der Waals surface area contributed by atoms with Crippen LogP contribution in [0, 0.1) is 17.0 Å². The van der Waals surface area contributed by atoms with Crippen LogP contribution in [0.1, 0.15) is 15.9 Å². The van der Waals surface area contributed by atoms with E-state index in [1.807, 2.05) is 5.32 Å². The average molecular weight is 273 g/mol. The maximum absolute atomic E-state index is 12.9. The van der Waals surface area contributed by atoms with E-state index >= 15 is 0 Å². The average Bonchev–Trinajstić information content (AvgIpc) is 2.36. The van der Waals surface area contributed by atoms with Gasteiger partial charge in [-0.3, -0.25) is 14.9 Å². The molecule has 8 heteroatoms. The van der Waals surface area contributed by atoms with Crippen molar-refractivity contribution in [1.29, 1.82) is 0 Å². The largest absolute Gasteiger partial charge is 0.346 e. The van der Waals surface area contributed by atoms with E-state index in [1.165, 1.54) is 12.1 Å². The molecule has 0 aliphatic carbocycles. The molecule has 19 heavy (non-hydrogen) atoms. The predicted octanol–water partition coefficient (Wildman–Crippen LogP) is 1.23. The van der Waals surface area contributed by atoms with Crippen LogP contribution in [0.3, 0.4) is 0 Å². The highest BCUT2D eigenvalue weighted by Crippen LogP contribution is 2.17. The lowest BCUT2D eigenvalue weighted by molar-refractivity contribution is -0.384. The van der Waals surface area contributed by atoms with Gasteiger partial charge < -0.3 is 11.1 Å². The first kappa shape index (κ1) is 15.0. The fourth-order valence-corrected chi connectivity index (χ4v) is 1.35. The lowest BCUT2D eigenvalue weighted by Gasteiger charge is -2.15. The Balaban J connectivity index is 2.88. The van der Waals surface area contributed by atoms with Crippen molar-refractivity contribution in [1.82, 2.24) is 5.32 Å². The zero-order chi connectivity index (χ0) is 14.6. The first-order valence-electron chi connectivity index (χ1n) is 5.38. The summed E-state index contributed by atoms with van der Waals surface area (Å²) in [5.74, 6) is -4.00. The lowest BCUT2D eigenvalue weighted by Crippen LogP contribution is -2.41. The van der Waals surface area contributed by atoms with Gasteiger partial charge in [-0.2, -0.15) is 0 Å². The standard InChI is InChI=1S/C11H13F2N3O3/c1-7-2-3-8(16(18)19)4-9(7)10(17)15-6-11(12,13)5-14/h2-4H,5-6,14H2,1H3,(H,15,17). The third-order valence-corrected chi connectivity index (χ3v) is 2.48. The van der Waals surface area contributed by atoms with Crippen LogP contribution in [0.4, 0.5) is 14.5 Å². The van der Waals surface area contributed by atoms with Gasteiger partial charge >= 0.3 is 0 Å². The van der Waals surface area contributed by atoms with Crippen molar-refractivity contribution in [2.75, 3.05) is 13.1 Å². The number of alkyl halides is 2. The molecule has 0 aromatic heterocycles. The lowest BCUT2D eigenvalue weighted by atomic mass is 10.1. The molecule has 1 aromatic rings. The van der Waals surface area contributed by atoms with Crippen molar-refractivity contribution in [3.8, 4) is 0 Å². The molecule has 0 aliphatic heterocycles. The number of nitro benzene ring substituents is 1. The highest BCUT2D eigenvalue weighted by molar-refractivity contribution is 5.96. The Morgan fingerprint density at radius 2 is 2.16 bits per heavy atom. The SMILES string of the molecule is Cc1ccc([N+](=O)[O-])cc1C(=O)NCC(F)(F)CN. The second-order valence-electron chi connectivity index (χ2n) is 4.00. The second kappa shape index (κ2) is 5.70. The number of nitrogens with one attached hydrogen (secondary N) is 1. The molecule has 0 saturated carbocycles. The third-order valence-electron chi connectivity index (χ3n) is 2.48. The van der Waals surface area contributed by atoms with Gasteiger partial charge in [0.05, 0.1) is 18.0 Å². The summed E-state index contributed by atoms with van der Waals surface area (Å²) in [7, 11) is 0. The summed E-state index contributed by atoms with van der Waals surface area (Å²) >= 11 is 0. The van der Waals surface area contributed by atoms with E-state index in [9.17, 15) is 23.7 Å². The van der Waals surface area contributed by atoms with Crippen LogP contribution in [-0.2, 0) is 0 Å². The van der Waals surface area contributed by atoms with Crippen molar-refractivity contribution in [2.24, 2.45) is 5.73 Å². The second-order valence-corrected chi connectivity index (χ2v) is 4.00. The van der Waals surface area contributed by atoms with Crippen LogP contribution in [0.5, 0.6) is 0 Å². The number of rotatable bonds is 5. The maximum atomic E-state index is 12.9. The molecular weight excluding hydrogens is 260 g/mol. The van der Waals surface area contributed by atoms with Gasteiger partial charge in [0.1, 0.15) is 0 Å². The summed E-state index contributed by atoms with van der Waals surface area (Å²) in [6.45, 7) is -0.245. The molecule has 6 nitrogen and oxygen atoms in total. The quantitative estimate of drug-likeness (QED) is 0.622. The summed E-state index contributed by atoms with van der Waals surface area (Å²) in [6, 6.07) is 3.67. The maximum Gasteiger partial charge on any atom is 0.277 e. The van der Waals surface area contributed by atoms with Crippen LogP contribution in [-0.4, -0.2) is 29.8 Å². The van der Waals surface area contributed by atoms with Crippen molar-refractivity contribution in [3.63, 3.8) is 0 Å². The number of carbonyl (C=O) groups is 1. The number of nitrogens with zero attached hydrogens (tertiary/aromatic N) is 1. The minimum atomic E-state index is -3.20. The first-order valence-corrected chi connectivity index (χ1v) is 5.38. The molecule has 0 aliphatic rings. The zero-order valence-electron chi connectivity index (χ0n) is 10.2. The zero-order valence-corrected chi connectivity index (χ0v) is 10.2. The summed E-state index contributed by atoms with van der Waals surface area (Å²) in [5, 5.41) is 12.6. The van der Waals surface area contributed by atoms with Crippen molar-refractivity contribution in [2.45, 2.75) is 12.8 Å². The molecule has 0 unspecified atom stereocenters. The topological polar surface area (TPSA) is 98.3 Å². The molecule has 0 fully saturated rings. The number of hydrogen-bond donors (Lipinski definition) is 2. The van der Waals surface area contributed by atoms with Crippen LogP contribution in [0.15, 0.2) is 18.2 Å². The van der Waals surface area contributed by atoms with Gasteiger partial charge in [-0.25, -0.2) is 8.78 Å². The Hall–Kier alpha value is -2.09. The Labute approximate surface area is 107 Å². The van der Waals surface area contributed by atoms with Gasteiger partial charge in [-0.15, -0.1) is 0 Å². The van der Waals surface area contributed by atoms with E-state index in [1.54, 1.807) is 6.92 Å². The fourth-order valence-electron chi connectivity index (χ4n) is 1.35. The number of nitro groups is 1. The Kier molecular flexibility index (Phi) is 4.49. The van der Waals surface area contributed by atoms with E-state index in [0.29, 0.717) is 5.56 Å². The minimum Gasteiger partial charge on any atom is -0.346 e. The van der Waals surface area contributed by atoms with Crippen LogP contribution in [0.2, 0.25) is 0 Å². The molecule has 3 N–H and O–H groups in total. The van der Waals surface area contributed by atoms with Gasteiger partial charge in [-0.1, -0.05) is 6.07 Å². The molecule has 104 valence electrons. The van der Waals surface area contributed by atoms with Gasteiger partial charge in [0.2, 0.25) is 0 Å².